The number of halogens is 3. The summed E-state index contributed by atoms with van der Waals surface area (Å²) in [5, 5.41) is 13.2. The molecular formula is C22H27F3N2O2. The highest BCUT2D eigenvalue weighted by Gasteiger charge is 2.54. The standard InChI is InChI=1S/C22H27F3N2O2/c1-20(2,3)16-8-12-18(13-9-16)26-17-10-6-15(7-11-17)14-27(29)19(28)21(4,5)22(23,24)25/h6-13,26,29H,14H2,1-5H3. The molecule has 158 valence electrons. The lowest BCUT2D eigenvalue weighted by Crippen LogP contribution is -2.47. The second-order valence-corrected chi connectivity index (χ2v) is 8.63. The van der Waals surface area contributed by atoms with Crippen molar-refractivity contribution in [2.24, 2.45) is 5.41 Å². The first-order chi connectivity index (χ1) is 13.2. The topological polar surface area (TPSA) is 52.6 Å². The third kappa shape index (κ3) is 5.50. The molecule has 0 fully saturated rings. The van der Waals surface area contributed by atoms with Crippen LogP contribution >= 0.6 is 0 Å². The maximum absolute atomic E-state index is 13.0. The van der Waals surface area contributed by atoms with E-state index < -0.39 is 17.5 Å². The van der Waals surface area contributed by atoms with Gasteiger partial charge in [-0.05, 0) is 54.7 Å². The highest BCUT2D eigenvalue weighted by atomic mass is 19.4. The lowest BCUT2D eigenvalue weighted by Gasteiger charge is -2.29. The van der Waals surface area contributed by atoms with Crippen molar-refractivity contribution in [3.05, 3.63) is 59.7 Å². The Morgan fingerprint density at radius 2 is 1.34 bits per heavy atom. The lowest BCUT2D eigenvalue weighted by molar-refractivity contribution is -0.234. The van der Waals surface area contributed by atoms with E-state index in [9.17, 15) is 23.2 Å². The highest BCUT2D eigenvalue weighted by molar-refractivity contribution is 5.81. The van der Waals surface area contributed by atoms with Crippen molar-refractivity contribution in [1.29, 1.82) is 0 Å². The summed E-state index contributed by atoms with van der Waals surface area (Å²) >= 11 is 0. The summed E-state index contributed by atoms with van der Waals surface area (Å²) in [4.78, 5) is 12.0. The van der Waals surface area contributed by atoms with Gasteiger partial charge in [-0.25, -0.2) is 5.06 Å². The van der Waals surface area contributed by atoms with Gasteiger partial charge >= 0.3 is 6.18 Å². The zero-order valence-electron chi connectivity index (χ0n) is 17.3. The molecule has 0 atom stereocenters. The molecule has 2 aromatic rings. The Bertz CT molecular complexity index is 836. The molecule has 0 aliphatic carbocycles. The zero-order chi connectivity index (χ0) is 22.0. The predicted octanol–water partition coefficient (Wildman–Crippen LogP) is 6.03. The van der Waals surface area contributed by atoms with E-state index in [1.165, 1.54) is 5.56 Å². The molecule has 0 aliphatic rings. The number of carbonyl (C=O) groups excluding carboxylic acids is 1. The summed E-state index contributed by atoms with van der Waals surface area (Å²) in [6, 6.07) is 14.8. The van der Waals surface area contributed by atoms with E-state index in [0.29, 0.717) is 5.56 Å². The number of rotatable bonds is 5. The Morgan fingerprint density at radius 1 is 0.897 bits per heavy atom. The minimum absolute atomic E-state index is 0.0640. The van der Waals surface area contributed by atoms with Gasteiger partial charge in [-0.1, -0.05) is 45.0 Å². The van der Waals surface area contributed by atoms with Crippen molar-refractivity contribution >= 4 is 17.3 Å². The maximum atomic E-state index is 13.0. The average Bonchev–Trinajstić information content (AvgIpc) is 2.61. The quantitative estimate of drug-likeness (QED) is 0.469. The van der Waals surface area contributed by atoms with Crippen LogP contribution in [-0.4, -0.2) is 22.4 Å². The molecule has 7 heteroatoms. The van der Waals surface area contributed by atoms with E-state index in [-0.39, 0.29) is 17.0 Å². The molecule has 0 spiro atoms. The molecule has 0 saturated heterocycles. The van der Waals surface area contributed by atoms with Gasteiger partial charge in [0.2, 0.25) is 0 Å². The molecule has 0 bridgehead atoms. The number of nitrogens with zero attached hydrogens (tertiary/aromatic N) is 1. The summed E-state index contributed by atoms with van der Waals surface area (Å²) in [6.45, 7) is 7.57. The van der Waals surface area contributed by atoms with Crippen LogP contribution in [0.2, 0.25) is 0 Å². The third-order valence-electron chi connectivity index (χ3n) is 4.80. The fourth-order valence-electron chi connectivity index (χ4n) is 2.60. The molecule has 0 radical (unpaired) electrons. The van der Waals surface area contributed by atoms with Gasteiger partial charge in [-0.15, -0.1) is 0 Å². The normalized spacial score (nSPS) is 12.6. The SMILES string of the molecule is CC(C)(C)c1ccc(Nc2ccc(CN(O)C(=O)C(C)(C)C(F)(F)F)cc2)cc1. The van der Waals surface area contributed by atoms with Crippen LogP contribution < -0.4 is 5.32 Å². The van der Waals surface area contributed by atoms with Crippen molar-refractivity contribution in [3.8, 4) is 0 Å². The zero-order valence-corrected chi connectivity index (χ0v) is 17.3. The van der Waals surface area contributed by atoms with Crippen molar-refractivity contribution < 1.29 is 23.2 Å². The summed E-state index contributed by atoms with van der Waals surface area (Å²) in [6.07, 6.45) is -4.75. The van der Waals surface area contributed by atoms with Gasteiger partial charge in [0.1, 0.15) is 5.41 Å². The number of hydrogen-bond donors (Lipinski definition) is 2. The van der Waals surface area contributed by atoms with Crippen LogP contribution in [0, 0.1) is 5.41 Å². The Labute approximate surface area is 169 Å². The maximum Gasteiger partial charge on any atom is 0.402 e. The Kier molecular flexibility index (Phi) is 6.33. The number of nitrogens with one attached hydrogen (secondary N) is 1. The van der Waals surface area contributed by atoms with Gasteiger partial charge in [0.25, 0.3) is 5.91 Å². The Balaban J connectivity index is 2.02. The van der Waals surface area contributed by atoms with Crippen LogP contribution in [0.15, 0.2) is 48.5 Å². The minimum atomic E-state index is -4.75. The van der Waals surface area contributed by atoms with Gasteiger partial charge in [-0.2, -0.15) is 13.2 Å². The van der Waals surface area contributed by atoms with Crippen LogP contribution in [0.3, 0.4) is 0 Å². The van der Waals surface area contributed by atoms with Crippen molar-refractivity contribution in [1.82, 2.24) is 5.06 Å². The number of benzene rings is 2. The highest BCUT2D eigenvalue weighted by Crippen LogP contribution is 2.39. The summed E-state index contributed by atoms with van der Waals surface area (Å²) < 4.78 is 38.9. The molecule has 0 saturated carbocycles. The van der Waals surface area contributed by atoms with Crippen LogP contribution in [-0.2, 0) is 16.8 Å². The van der Waals surface area contributed by atoms with Gasteiger partial charge in [0, 0.05) is 11.4 Å². The van der Waals surface area contributed by atoms with Gasteiger partial charge < -0.3 is 5.32 Å². The van der Waals surface area contributed by atoms with E-state index in [4.69, 9.17) is 0 Å². The van der Waals surface area contributed by atoms with Gasteiger partial charge in [0.05, 0.1) is 6.54 Å². The molecule has 2 N–H and O–H groups in total. The Morgan fingerprint density at radius 3 is 1.76 bits per heavy atom. The number of hydroxylamine groups is 2. The number of anilines is 2. The molecule has 0 aliphatic heterocycles. The first kappa shape index (κ1) is 22.7. The third-order valence-corrected chi connectivity index (χ3v) is 4.80. The monoisotopic (exact) mass is 408 g/mol. The van der Waals surface area contributed by atoms with E-state index >= 15 is 0 Å². The van der Waals surface area contributed by atoms with Gasteiger partial charge in [0.15, 0.2) is 0 Å². The average molecular weight is 408 g/mol. The van der Waals surface area contributed by atoms with Gasteiger partial charge in [-0.3, -0.25) is 10.0 Å². The summed E-state index contributed by atoms with van der Waals surface area (Å²) in [5.74, 6) is -1.40. The number of hydrogen-bond acceptors (Lipinski definition) is 3. The molecular weight excluding hydrogens is 381 g/mol. The molecule has 29 heavy (non-hydrogen) atoms. The summed E-state index contributed by atoms with van der Waals surface area (Å²) in [5.41, 5.74) is 0.803. The van der Waals surface area contributed by atoms with E-state index in [0.717, 1.165) is 25.2 Å². The van der Waals surface area contributed by atoms with E-state index in [1.807, 2.05) is 24.3 Å². The summed E-state index contributed by atoms with van der Waals surface area (Å²) in [7, 11) is 0. The fourth-order valence-corrected chi connectivity index (χ4v) is 2.60. The van der Waals surface area contributed by atoms with E-state index in [2.05, 4.69) is 26.1 Å². The number of amides is 1. The predicted molar refractivity (Wildman–Crippen MR) is 107 cm³/mol. The first-order valence-electron chi connectivity index (χ1n) is 9.26. The molecule has 0 heterocycles. The smallest absolute Gasteiger partial charge is 0.356 e. The Hall–Kier alpha value is -2.54. The van der Waals surface area contributed by atoms with Crippen LogP contribution in [0.1, 0.15) is 45.7 Å². The number of carbonyl (C=O) groups is 1. The molecule has 0 aromatic heterocycles. The van der Waals surface area contributed by atoms with Crippen molar-refractivity contribution in [2.75, 3.05) is 5.32 Å². The van der Waals surface area contributed by atoms with Crippen LogP contribution in [0.5, 0.6) is 0 Å². The minimum Gasteiger partial charge on any atom is -0.356 e. The molecule has 1 amide bonds. The molecule has 2 rings (SSSR count). The first-order valence-corrected chi connectivity index (χ1v) is 9.26. The second kappa shape index (κ2) is 8.06. The molecule has 2 aromatic carbocycles. The lowest BCUT2D eigenvalue weighted by atomic mass is 9.87. The number of alkyl halides is 3. The van der Waals surface area contributed by atoms with Crippen LogP contribution in [0.4, 0.5) is 24.5 Å². The van der Waals surface area contributed by atoms with E-state index in [1.54, 1.807) is 24.3 Å². The van der Waals surface area contributed by atoms with Crippen LogP contribution in [0.25, 0.3) is 0 Å². The molecule has 0 unspecified atom stereocenters. The van der Waals surface area contributed by atoms with Crippen molar-refractivity contribution in [3.63, 3.8) is 0 Å². The largest absolute Gasteiger partial charge is 0.402 e. The van der Waals surface area contributed by atoms with Crippen molar-refractivity contribution in [2.45, 2.75) is 52.8 Å². The molecule has 4 nitrogen and oxygen atoms in total. The fraction of sp³-hybridized carbons (Fsp3) is 0.409. The second-order valence-electron chi connectivity index (χ2n) is 8.63.